The van der Waals surface area contributed by atoms with E-state index in [9.17, 15) is 19.5 Å². The largest absolute Gasteiger partial charge is 0.494 e. The number of amides is 3. The topological polar surface area (TPSA) is 108 Å². The van der Waals surface area contributed by atoms with E-state index < -0.39 is 39.0 Å². The predicted molar refractivity (Wildman–Crippen MR) is 150 cm³/mol. The Labute approximate surface area is 230 Å². The van der Waals surface area contributed by atoms with Crippen LogP contribution in [0.1, 0.15) is 67.7 Å². The second-order valence-corrected chi connectivity index (χ2v) is 14.5. The number of hydrogen-bond acceptors (Lipinski definition) is 6. The Morgan fingerprint density at radius 3 is 2.39 bits per heavy atom. The van der Waals surface area contributed by atoms with Gasteiger partial charge in [0.1, 0.15) is 11.8 Å². The molecule has 0 saturated carbocycles. The second-order valence-electron chi connectivity index (χ2n) is 12.6. The van der Waals surface area contributed by atoms with Gasteiger partial charge in [-0.15, -0.1) is 11.8 Å². The molecular weight excluding hydrogens is 502 g/mol. The summed E-state index contributed by atoms with van der Waals surface area (Å²) in [5.41, 5.74) is 0.157. The highest BCUT2D eigenvalue weighted by Crippen LogP contribution is 2.71. The Morgan fingerprint density at radius 1 is 1.18 bits per heavy atom. The number of thioether (sulfide) groups is 1. The van der Waals surface area contributed by atoms with Crippen molar-refractivity contribution >= 4 is 35.2 Å². The van der Waals surface area contributed by atoms with Crippen LogP contribution < -0.4 is 15.4 Å². The fourth-order valence-electron chi connectivity index (χ4n) is 6.74. The van der Waals surface area contributed by atoms with Crippen LogP contribution in [0, 0.1) is 17.8 Å². The molecule has 1 aromatic carbocycles. The number of anilines is 1. The molecule has 2 bridgehead atoms. The summed E-state index contributed by atoms with van der Waals surface area (Å²) in [5.74, 6) is -0.878. The number of carbonyl (C=O) groups is 3. The van der Waals surface area contributed by atoms with Crippen LogP contribution in [-0.2, 0) is 14.4 Å². The molecule has 0 aliphatic carbocycles. The van der Waals surface area contributed by atoms with E-state index in [4.69, 9.17) is 4.74 Å². The third-order valence-corrected chi connectivity index (χ3v) is 10.0. The molecule has 1 spiro atoms. The summed E-state index contributed by atoms with van der Waals surface area (Å²) in [4.78, 5) is 43.7. The normalized spacial score (nSPS) is 30.9. The summed E-state index contributed by atoms with van der Waals surface area (Å²) in [6.45, 7) is 14.2. The molecule has 1 aromatic rings. The maximum absolute atomic E-state index is 14.3. The Kier molecular flexibility index (Phi) is 7.85. The van der Waals surface area contributed by atoms with Crippen LogP contribution >= 0.6 is 11.8 Å². The van der Waals surface area contributed by atoms with Gasteiger partial charge in [0.15, 0.2) is 0 Å². The molecule has 38 heavy (non-hydrogen) atoms. The van der Waals surface area contributed by atoms with E-state index >= 15 is 0 Å². The highest BCUT2D eigenvalue weighted by molar-refractivity contribution is 8.02. The molecular formula is C29H43N3O5S. The lowest BCUT2D eigenvalue weighted by Crippen LogP contribution is -2.59. The smallest absolute Gasteiger partial charge is 0.244 e. The van der Waals surface area contributed by atoms with E-state index in [2.05, 4.69) is 17.6 Å². The van der Waals surface area contributed by atoms with Gasteiger partial charge in [0.2, 0.25) is 17.7 Å². The predicted octanol–water partition coefficient (Wildman–Crippen LogP) is 3.83. The Balaban J connectivity index is 1.71. The van der Waals surface area contributed by atoms with Gasteiger partial charge in [-0.3, -0.25) is 14.4 Å². The van der Waals surface area contributed by atoms with E-state index in [1.165, 1.54) is 0 Å². The molecule has 0 radical (unpaired) electrons. The average molecular weight is 546 g/mol. The molecule has 0 aromatic heterocycles. The van der Waals surface area contributed by atoms with Gasteiger partial charge in [0.05, 0.1) is 35.8 Å². The Hall–Kier alpha value is -2.26. The lowest BCUT2D eigenvalue weighted by Gasteiger charge is -2.39. The first-order chi connectivity index (χ1) is 17.8. The molecule has 8 nitrogen and oxygen atoms in total. The molecule has 3 amide bonds. The number of hydrogen-bond donors (Lipinski definition) is 3. The zero-order valence-corrected chi connectivity index (χ0v) is 24.5. The number of fused-ring (bicyclic) bond motifs is 1. The minimum Gasteiger partial charge on any atom is -0.494 e. The van der Waals surface area contributed by atoms with E-state index in [1.807, 2.05) is 53.7 Å². The lowest BCUT2D eigenvalue weighted by atomic mass is 9.66. The van der Waals surface area contributed by atoms with Crippen molar-refractivity contribution in [2.75, 3.05) is 18.5 Å². The number of aliphatic hydroxyl groups excluding tert-OH is 1. The summed E-state index contributed by atoms with van der Waals surface area (Å²) >= 11 is 1.64. The maximum Gasteiger partial charge on any atom is 0.244 e. The van der Waals surface area contributed by atoms with Gasteiger partial charge in [-0.05, 0) is 84.1 Å². The molecule has 2 unspecified atom stereocenters. The summed E-state index contributed by atoms with van der Waals surface area (Å²) in [6, 6.07) is 5.99. The van der Waals surface area contributed by atoms with Crippen molar-refractivity contribution in [1.29, 1.82) is 0 Å². The standard InChI is InChI=1S/C29H43N3O5S/c1-8-37-20-11-9-18(10-12-20)30-24(34)21-22-26(36)32(19(16-33)15-17(2)3)23(25(35)31-27(4,5)6)29(22)14-13-28(21,7)38-29/h9-12,17,19,21-23,33H,8,13-16H2,1-7H3,(H,30,34)(H,31,35)/t19-,21+,22+,23?,28-,29?/m1/s1. The van der Waals surface area contributed by atoms with Gasteiger partial charge in [-0.1, -0.05) is 13.8 Å². The fraction of sp³-hybridized carbons (Fsp3) is 0.690. The van der Waals surface area contributed by atoms with Crippen LogP contribution in [0.15, 0.2) is 24.3 Å². The quantitative estimate of drug-likeness (QED) is 0.435. The minimum absolute atomic E-state index is 0.193. The number of carbonyl (C=O) groups excluding carboxylic acids is 3. The SMILES string of the molecule is CCOc1ccc(NC(=O)[C@@H]2[C@H]3C(=O)N([C@@H](CO)CC(C)C)C(C(=O)NC(C)(C)C)C34CC[C@@]2(C)S4)cc1. The molecule has 3 aliphatic rings. The van der Waals surface area contributed by atoms with Crippen LogP contribution in [0.5, 0.6) is 5.75 Å². The van der Waals surface area contributed by atoms with Gasteiger partial charge >= 0.3 is 0 Å². The first-order valence-electron chi connectivity index (χ1n) is 13.8. The number of benzene rings is 1. The molecule has 3 N–H and O–H groups in total. The molecule has 3 aliphatic heterocycles. The van der Waals surface area contributed by atoms with E-state index in [-0.39, 0.29) is 30.2 Å². The van der Waals surface area contributed by atoms with Crippen LogP contribution in [0.25, 0.3) is 0 Å². The van der Waals surface area contributed by atoms with Crippen LogP contribution in [0.2, 0.25) is 0 Å². The third kappa shape index (κ3) is 5.04. The van der Waals surface area contributed by atoms with Crippen molar-refractivity contribution in [3.63, 3.8) is 0 Å². The van der Waals surface area contributed by atoms with Crippen molar-refractivity contribution in [2.45, 2.75) is 94.8 Å². The van der Waals surface area contributed by atoms with Crippen molar-refractivity contribution in [3.05, 3.63) is 24.3 Å². The number of aliphatic hydroxyl groups is 1. The van der Waals surface area contributed by atoms with Crippen molar-refractivity contribution in [3.8, 4) is 5.75 Å². The van der Waals surface area contributed by atoms with Crippen LogP contribution in [0.4, 0.5) is 5.69 Å². The lowest BCUT2D eigenvalue weighted by molar-refractivity contribution is -0.143. The average Bonchev–Trinajstić information content (AvgIpc) is 3.38. The Bertz CT molecular complexity index is 1070. The molecule has 3 heterocycles. The van der Waals surface area contributed by atoms with Crippen LogP contribution in [0.3, 0.4) is 0 Å². The maximum atomic E-state index is 14.3. The number of nitrogens with one attached hydrogen (secondary N) is 2. The zero-order chi connectivity index (χ0) is 28.0. The van der Waals surface area contributed by atoms with E-state index in [0.717, 1.165) is 12.2 Å². The Morgan fingerprint density at radius 2 is 1.84 bits per heavy atom. The van der Waals surface area contributed by atoms with Crippen molar-refractivity contribution in [1.82, 2.24) is 10.2 Å². The molecule has 6 atom stereocenters. The monoisotopic (exact) mass is 545 g/mol. The summed E-state index contributed by atoms with van der Waals surface area (Å²) < 4.78 is 4.33. The molecule has 210 valence electrons. The summed E-state index contributed by atoms with van der Waals surface area (Å²) in [5, 5.41) is 16.5. The molecule has 3 saturated heterocycles. The summed E-state index contributed by atoms with van der Waals surface area (Å²) in [6.07, 6.45) is 2.00. The number of nitrogens with zero attached hydrogens (tertiary/aromatic N) is 1. The third-order valence-electron chi connectivity index (χ3n) is 8.02. The summed E-state index contributed by atoms with van der Waals surface area (Å²) in [7, 11) is 0. The molecule has 4 rings (SSSR count). The van der Waals surface area contributed by atoms with Crippen molar-refractivity contribution < 1.29 is 24.2 Å². The minimum atomic E-state index is -0.745. The van der Waals surface area contributed by atoms with Gasteiger partial charge in [-0.2, -0.15) is 0 Å². The first-order valence-corrected chi connectivity index (χ1v) is 14.6. The fourth-order valence-corrected chi connectivity index (χ4v) is 9.08. The molecule has 9 heteroatoms. The van der Waals surface area contributed by atoms with Gasteiger partial charge in [-0.25, -0.2) is 0 Å². The first kappa shape index (κ1) is 28.7. The highest BCUT2D eigenvalue weighted by atomic mass is 32.2. The number of rotatable bonds is 9. The second kappa shape index (κ2) is 10.4. The van der Waals surface area contributed by atoms with Crippen molar-refractivity contribution in [2.24, 2.45) is 17.8 Å². The number of ether oxygens (including phenoxy) is 1. The number of likely N-dealkylation sites (tertiary alicyclic amines) is 1. The van der Waals surface area contributed by atoms with Crippen LogP contribution in [-0.4, -0.2) is 68.1 Å². The highest BCUT2D eigenvalue weighted by Gasteiger charge is 2.77. The van der Waals surface area contributed by atoms with Gasteiger partial charge in [0, 0.05) is 16.0 Å². The van der Waals surface area contributed by atoms with E-state index in [1.54, 1.807) is 28.8 Å². The molecule has 3 fully saturated rings. The zero-order valence-electron chi connectivity index (χ0n) is 23.7. The van der Waals surface area contributed by atoms with E-state index in [0.29, 0.717) is 25.1 Å². The van der Waals surface area contributed by atoms with Gasteiger partial charge in [0.25, 0.3) is 0 Å². The van der Waals surface area contributed by atoms with Gasteiger partial charge < -0.3 is 25.4 Å².